The maximum Gasteiger partial charge on any atom is 0.348 e. The van der Waals surface area contributed by atoms with Crippen molar-refractivity contribution in [1.82, 2.24) is 4.90 Å². The Hall–Kier alpha value is -3.68. The zero-order valence-corrected chi connectivity index (χ0v) is 22.1. The fraction of sp³-hybridized carbons (Fsp3) is 0.556. The number of phenols is 1. The third-order valence-electron chi connectivity index (χ3n) is 8.46. The highest BCUT2D eigenvalue weighted by atomic mass is 16.6. The zero-order valence-electron chi connectivity index (χ0n) is 22.1. The quantitative estimate of drug-likeness (QED) is 0.231. The SMILES string of the molecule is CC(OC(=O)C(CC(=O)OC1=CC[C@@]2(O)[C@H]3Cc4ccc(O)c5c4[C@@]2(CCN3C)[C@H]1O5)OC(=O)CCN)C(=O)O. The molecular weight excluding hydrogens is 528 g/mol. The molecule has 4 aliphatic rings. The van der Waals surface area contributed by atoms with Crippen LogP contribution in [0.2, 0.25) is 0 Å². The van der Waals surface area contributed by atoms with E-state index in [0.29, 0.717) is 24.9 Å². The van der Waals surface area contributed by atoms with Gasteiger partial charge >= 0.3 is 23.9 Å². The van der Waals surface area contributed by atoms with Crippen molar-refractivity contribution in [3.05, 3.63) is 35.1 Å². The lowest BCUT2D eigenvalue weighted by Gasteiger charge is -2.61. The number of carboxylic acids is 1. The molecule has 1 aromatic carbocycles. The number of piperidine rings is 1. The van der Waals surface area contributed by atoms with Crippen LogP contribution in [0.3, 0.4) is 0 Å². The Kier molecular flexibility index (Phi) is 7.01. The topological polar surface area (TPSA) is 195 Å². The monoisotopic (exact) mass is 560 g/mol. The summed E-state index contributed by atoms with van der Waals surface area (Å²) in [6.45, 7) is 1.68. The lowest BCUT2D eigenvalue weighted by molar-refractivity contribution is -0.179. The van der Waals surface area contributed by atoms with Crippen molar-refractivity contribution in [2.24, 2.45) is 5.73 Å². The molecule has 1 spiro atoms. The Bertz CT molecular complexity index is 1300. The van der Waals surface area contributed by atoms with E-state index in [9.17, 15) is 29.4 Å². The number of aliphatic carboxylic acids is 1. The van der Waals surface area contributed by atoms with Crippen LogP contribution in [0, 0.1) is 0 Å². The smallest absolute Gasteiger partial charge is 0.348 e. The molecule has 2 unspecified atom stereocenters. The lowest BCUT2D eigenvalue weighted by Crippen LogP contribution is -2.74. The predicted molar refractivity (Wildman–Crippen MR) is 134 cm³/mol. The Morgan fingerprint density at radius 1 is 1.23 bits per heavy atom. The fourth-order valence-electron chi connectivity index (χ4n) is 6.57. The van der Waals surface area contributed by atoms with Crippen LogP contribution in [0.25, 0.3) is 0 Å². The first-order chi connectivity index (χ1) is 18.9. The number of phenolic OH excluding ortho intramolecular Hbond substituents is 1. The van der Waals surface area contributed by atoms with Gasteiger partial charge in [-0.25, -0.2) is 9.59 Å². The molecule has 0 radical (unpaired) electrons. The summed E-state index contributed by atoms with van der Waals surface area (Å²) in [6.07, 6.45) is -2.52. The fourth-order valence-corrected chi connectivity index (χ4v) is 6.57. The summed E-state index contributed by atoms with van der Waals surface area (Å²) in [4.78, 5) is 51.0. The van der Waals surface area contributed by atoms with E-state index in [-0.39, 0.29) is 42.7 Å². The minimum atomic E-state index is -1.77. The number of rotatable bonds is 9. The highest BCUT2D eigenvalue weighted by Crippen LogP contribution is 2.65. The molecule has 13 heteroatoms. The number of nitrogens with two attached hydrogens (primary N) is 1. The van der Waals surface area contributed by atoms with Crippen molar-refractivity contribution >= 4 is 23.9 Å². The number of benzene rings is 1. The molecule has 0 saturated carbocycles. The highest BCUT2D eigenvalue weighted by molar-refractivity contribution is 5.86. The number of likely N-dealkylation sites (N-methyl/N-ethyl adjacent to an activating group) is 1. The van der Waals surface area contributed by atoms with Crippen LogP contribution in [0.4, 0.5) is 0 Å². The van der Waals surface area contributed by atoms with Gasteiger partial charge in [-0.05, 0) is 51.1 Å². The molecule has 13 nitrogen and oxygen atoms in total. The van der Waals surface area contributed by atoms with Crippen LogP contribution in [-0.2, 0) is 45.2 Å². The van der Waals surface area contributed by atoms with E-state index in [1.165, 1.54) is 0 Å². The summed E-state index contributed by atoms with van der Waals surface area (Å²) in [5.74, 6) is -4.25. The lowest BCUT2D eigenvalue weighted by atomic mass is 9.50. The second-order valence-corrected chi connectivity index (χ2v) is 10.7. The molecule has 2 heterocycles. The third-order valence-corrected chi connectivity index (χ3v) is 8.46. The normalized spacial score (nSPS) is 29.2. The first kappa shape index (κ1) is 27.9. The Morgan fingerprint density at radius 3 is 2.67 bits per heavy atom. The van der Waals surface area contributed by atoms with E-state index < -0.39 is 59.6 Å². The van der Waals surface area contributed by atoms with E-state index in [0.717, 1.165) is 12.5 Å². The van der Waals surface area contributed by atoms with Crippen molar-refractivity contribution in [2.45, 2.75) is 74.4 Å². The van der Waals surface area contributed by atoms with Gasteiger partial charge in [0.05, 0.1) is 23.9 Å². The largest absolute Gasteiger partial charge is 0.504 e. The maximum absolute atomic E-state index is 13.1. The van der Waals surface area contributed by atoms with Crippen molar-refractivity contribution in [2.75, 3.05) is 20.1 Å². The van der Waals surface area contributed by atoms with E-state index >= 15 is 0 Å². The number of aliphatic hydroxyl groups is 1. The van der Waals surface area contributed by atoms with Gasteiger partial charge < -0.3 is 44.9 Å². The average Bonchev–Trinajstić information content (AvgIpc) is 3.25. The Labute approximate surface area is 229 Å². The minimum absolute atomic E-state index is 0.0704. The van der Waals surface area contributed by atoms with Gasteiger partial charge in [-0.3, -0.25) is 9.59 Å². The van der Waals surface area contributed by atoms with Crippen molar-refractivity contribution < 1.29 is 53.4 Å². The van der Waals surface area contributed by atoms with E-state index in [2.05, 4.69) is 4.90 Å². The van der Waals surface area contributed by atoms with Gasteiger partial charge in [-0.2, -0.15) is 0 Å². The molecule has 2 bridgehead atoms. The zero-order chi connectivity index (χ0) is 29.0. The molecule has 0 amide bonds. The molecule has 2 aliphatic carbocycles. The first-order valence-corrected chi connectivity index (χ1v) is 13.1. The molecule has 1 fully saturated rings. The molecule has 1 saturated heterocycles. The molecule has 1 aromatic rings. The molecular formula is C27H32N2O11. The number of hydrogen-bond donors (Lipinski definition) is 4. The van der Waals surface area contributed by atoms with Gasteiger partial charge in [0.2, 0.25) is 6.10 Å². The summed E-state index contributed by atoms with van der Waals surface area (Å²) < 4.78 is 21.8. The average molecular weight is 561 g/mol. The number of esters is 3. The van der Waals surface area contributed by atoms with Crippen LogP contribution in [0.5, 0.6) is 11.5 Å². The van der Waals surface area contributed by atoms with E-state index in [1.807, 2.05) is 13.1 Å². The van der Waals surface area contributed by atoms with Gasteiger partial charge in [0.1, 0.15) is 5.76 Å². The van der Waals surface area contributed by atoms with Crippen molar-refractivity contribution in [1.29, 1.82) is 0 Å². The number of carbonyl (C=O) groups excluding carboxylic acids is 3. The van der Waals surface area contributed by atoms with Gasteiger partial charge in [0.15, 0.2) is 23.7 Å². The number of carbonyl (C=O) groups is 4. The van der Waals surface area contributed by atoms with Crippen LogP contribution in [-0.4, -0.2) is 94.2 Å². The number of ether oxygens (including phenoxy) is 4. The molecule has 5 N–H and O–H groups in total. The Balaban J connectivity index is 1.41. The molecule has 216 valence electrons. The van der Waals surface area contributed by atoms with Gasteiger partial charge in [-0.1, -0.05) is 6.07 Å². The summed E-state index contributed by atoms with van der Waals surface area (Å²) >= 11 is 0. The summed E-state index contributed by atoms with van der Waals surface area (Å²) in [5, 5.41) is 31.8. The number of aromatic hydroxyl groups is 1. The summed E-state index contributed by atoms with van der Waals surface area (Å²) in [7, 11) is 1.95. The van der Waals surface area contributed by atoms with Gasteiger partial charge in [0.25, 0.3) is 0 Å². The van der Waals surface area contributed by atoms with Crippen LogP contribution in [0.1, 0.15) is 43.7 Å². The Morgan fingerprint density at radius 2 is 1.98 bits per heavy atom. The third kappa shape index (κ3) is 4.19. The predicted octanol–water partition coefficient (Wildman–Crippen LogP) is -0.120. The first-order valence-electron chi connectivity index (χ1n) is 13.1. The van der Waals surface area contributed by atoms with Crippen LogP contribution >= 0.6 is 0 Å². The summed E-state index contributed by atoms with van der Waals surface area (Å²) in [6, 6.07) is 3.13. The second-order valence-electron chi connectivity index (χ2n) is 10.7. The van der Waals surface area contributed by atoms with E-state index in [1.54, 1.807) is 12.1 Å². The minimum Gasteiger partial charge on any atom is -0.504 e. The number of carboxylic acid groups (broad SMARTS) is 1. The molecule has 5 rings (SSSR count). The molecule has 40 heavy (non-hydrogen) atoms. The van der Waals surface area contributed by atoms with Crippen LogP contribution < -0.4 is 10.5 Å². The molecule has 0 aromatic heterocycles. The van der Waals surface area contributed by atoms with E-state index in [4.69, 9.17) is 29.8 Å². The van der Waals surface area contributed by atoms with Crippen molar-refractivity contribution in [3.63, 3.8) is 0 Å². The van der Waals surface area contributed by atoms with Gasteiger partial charge in [0, 0.05) is 24.6 Å². The molecule has 2 aliphatic heterocycles. The summed E-state index contributed by atoms with van der Waals surface area (Å²) in [5.41, 5.74) is 4.76. The maximum atomic E-state index is 13.1. The standard InChI is InChI=1S/C27H32N2O11/c1-13(24(33)34)37-25(35)17(39-19(31)6-9-28)12-20(32)38-16-5-7-27(36)18-11-14-3-4-15(30)22-21(14)26(27,23(16)40-22)8-10-29(18)2/h3-5,13,17-18,23,30,36H,6-12,28H2,1-2H3,(H,33,34)/t13?,17?,18-,23+,26+,27-/m1/s1. The number of nitrogens with zero attached hydrogens (tertiary/aromatic N) is 1. The number of likely N-dealkylation sites (tertiary alicyclic amines) is 1. The molecule has 6 atom stereocenters. The van der Waals surface area contributed by atoms with Crippen molar-refractivity contribution in [3.8, 4) is 11.5 Å². The second kappa shape index (κ2) is 10.1. The number of hydrogen-bond acceptors (Lipinski definition) is 12. The van der Waals surface area contributed by atoms with Gasteiger partial charge in [-0.15, -0.1) is 0 Å². The highest BCUT2D eigenvalue weighted by Gasteiger charge is 2.72. The van der Waals surface area contributed by atoms with Crippen LogP contribution in [0.15, 0.2) is 24.0 Å².